The van der Waals surface area contributed by atoms with Gasteiger partial charge in [-0.2, -0.15) is 0 Å². The minimum Gasteiger partial charge on any atom is -0.445 e. The first-order valence-electron chi connectivity index (χ1n) is 10.9. The molecular formula is C23H31N5O6. The number of hydrogen-bond acceptors (Lipinski definition) is 6. The molecular weight excluding hydrogens is 442 g/mol. The highest BCUT2D eigenvalue weighted by atomic mass is 16.5. The number of rotatable bonds is 9. The van der Waals surface area contributed by atoms with E-state index < -0.39 is 41.9 Å². The summed E-state index contributed by atoms with van der Waals surface area (Å²) in [5, 5.41) is 9.78. The molecule has 0 aliphatic carbocycles. The van der Waals surface area contributed by atoms with Crippen LogP contribution in [0.25, 0.3) is 0 Å². The van der Waals surface area contributed by atoms with Gasteiger partial charge in [-0.05, 0) is 32.3 Å². The molecule has 2 rings (SSSR count). The maximum absolute atomic E-state index is 12.8. The first-order chi connectivity index (χ1) is 16.1. The van der Waals surface area contributed by atoms with E-state index in [0.29, 0.717) is 19.4 Å². The van der Waals surface area contributed by atoms with Crippen molar-refractivity contribution in [3.05, 3.63) is 48.2 Å². The Labute approximate surface area is 198 Å². The average molecular weight is 474 g/mol. The van der Waals surface area contributed by atoms with E-state index in [-0.39, 0.29) is 18.2 Å². The van der Waals surface area contributed by atoms with Crippen LogP contribution in [0.4, 0.5) is 4.79 Å². The van der Waals surface area contributed by atoms with Gasteiger partial charge in [0.25, 0.3) is 5.91 Å². The van der Waals surface area contributed by atoms with Crippen molar-refractivity contribution in [2.24, 2.45) is 0 Å². The van der Waals surface area contributed by atoms with E-state index in [1.807, 2.05) is 18.2 Å². The maximum Gasteiger partial charge on any atom is 0.408 e. The largest absolute Gasteiger partial charge is 0.445 e. The Hall–Kier alpha value is -3.89. The summed E-state index contributed by atoms with van der Waals surface area (Å²) in [5.41, 5.74) is 0.568. The van der Waals surface area contributed by atoms with Crippen LogP contribution in [-0.2, 0) is 30.5 Å². The highest BCUT2D eigenvalue weighted by Crippen LogP contribution is 2.19. The summed E-state index contributed by atoms with van der Waals surface area (Å²) >= 11 is 0. The zero-order valence-electron chi connectivity index (χ0n) is 19.6. The highest BCUT2D eigenvalue weighted by Gasteiger charge is 2.36. The molecule has 11 heteroatoms. The van der Waals surface area contributed by atoms with Crippen molar-refractivity contribution in [1.29, 1.82) is 0 Å². The number of carbonyl (C=O) groups is 5. The normalized spacial score (nSPS) is 16.6. The predicted octanol–water partition coefficient (Wildman–Crippen LogP) is 0.173. The van der Waals surface area contributed by atoms with Crippen molar-refractivity contribution in [1.82, 2.24) is 26.2 Å². The number of alkyl carbamates (subject to hydrolysis) is 1. The Morgan fingerprint density at radius 1 is 1.06 bits per heavy atom. The molecule has 1 aromatic carbocycles. The van der Waals surface area contributed by atoms with Gasteiger partial charge in [-0.15, -0.1) is 0 Å². The Balaban J connectivity index is 1.85. The number of carbonyl (C=O) groups excluding carboxylic acids is 5. The van der Waals surface area contributed by atoms with Crippen molar-refractivity contribution < 1.29 is 28.7 Å². The smallest absolute Gasteiger partial charge is 0.408 e. The van der Waals surface area contributed by atoms with Crippen LogP contribution in [0.5, 0.6) is 0 Å². The lowest BCUT2D eigenvalue weighted by Crippen LogP contribution is -2.53. The minimum atomic E-state index is -1.00. The Bertz CT molecular complexity index is 935. The monoisotopic (exact) mass is 473 g/mol. The SMILES string of the molecule is C=C(NC(=O)[C@@H](C)NC(=O)OCc1ccccc1)C(=O)N1CCC[C@H]1C(=O)N[C@@H](C)C(=O)NC. The Morgan fingerprint density at radius 3 is 2.35 bits per heavy atom. The van der Waals surface area contributed by atoms with Crippen LogP contribution in [0.2, 0.25) is 0 Å². The molecule has 1 aliphatic rings. The summed E-state index contributed by atoms with van der Waals surface area (Å²) < 4.78 is 5.08. The molecule has 184 valence electrons. The predicted molar refractivity (Wildman–Crippen MR) is 123 cm³/mol. The molecule has 0 bridgehead atoms. The van der Waals surface area contributed by atoms with Gasteiger partial charge in [-0.1, -0.05) is 36.9 Å². The third-order valence-corrected chi connectivity index (χ3v) is 5.29. The fourth-order valence-corrected chi connectivity index (χ4v) is 3.36. The molecule has 0 aromatic heterocycles. The van der Waals surface area contributed by atoms with Crippen LogP contribution in [0.15, 0.2) is 42.6 Å². The van der Waals surface area contributed by atoms with Crippen molar-refractivity contribution >= 4 is 29.7 Å². The third kappa shape index (κ3) is 7.32. The second kappa shape index (κ2) is 12.4. The molecule has 0 spiro atoms. The van der Waals surface area contributed by atoms with Gasteiger partial charge in [-0.3, -0.25) is 19.2 Å². The fraction of sp³-hybridized carbons (Fsp3) is 0.435. The summed E-state index contributed by atoms with van der Waals surface area (Å²) in [6, 6.07) is 6.52. The summed E-state index contributed by atoms with van der Waals surface area (Å²) in [6.45, 7) is 6.93. The highest BCUT2D eigenvalue weighted by molar-refractivity contribution is 6.01. The molecule has 1 saturated heterocycles. The summed E-state index contributed by atoms with van der Waals surface area (Å²) in [6.07, 6.45) is 0.222. The Kier molecular flexibility index (Phi) is 9.60. The number of nitrogens with one attached hydrogen (secondary N) is 4. The number of benzene rings is 1. The average Bonchev–Trinajstić information content (AvgIpc) is 3.32. The molecule has 1 aliphatic heterocycles. The van der Waals surface area contributed by atoms with Crippen molar-refractivity contribution in [3.8, 4) is 0 Å². The van der Waals surface area contributed by atoms with E-state index >= 15 is 0 Å². The minimum absolute atomic E-state index is 0.0448. The maximum atomic E-state index is 12.8. The van der Waals surface area contributed by atoms with Crippen molar-refractivity contribution in [2.75, 3.05) is 13.6 Å². The van der Waals surface area contributed by atoms with Crippen molar-refractivity contribution in [2.45, 2.75) is 51.4 Å². The van der Waals surface area contributed by atoms with Crippen LogP contribution in [0, 0.1) is 0 Å². The van der Waals surface area contributed by atoms with Crippen molar-refractivity contribution in [3.63, 3.8) is 0 Å². The lowest BCUT2D eigenvalue weighted by atomic mass is 10.2. The molecule has 1 heterocycles. The van der Waals surface area contributed by atoms with E-state index in [4.69, 9.17) is 4.74 Å². The van der Waals surface area contributed by atoms with Gasteiger partial charge in [-0.25, -0.2) is 4.79 Å². The summed E-state index contributed by atoms with van der Waals surface area (Å²) in [5.74, 6) is -2.09. The number of amides is 5. The molecule has 5 amide bonds. The van der Waals surface area contributed by atoms with Gasteiger partial charge >= 0.3 is 6.09 Å². The van der Waals surface area contributed by atoms with Crippen LogP contribution in [-0.4, -0.2) is 66.3 Å². The lowest BCUT2D eigenvalue weighted by molar-refractivity contribution is -0.137. The second-order valence-corrected chi connectivity index (χ2v) is 7.90. The number of hydrogen-bond donors (Lipinski definition) is 4. The van der Waals surface area contributed by atoms with Gasteiger partial charge in [0.2, 0.25) is 17.7 Å². The third-order valence-electron chi connectivity index (χ3n) is 5.29. The Morgan fingerprint density at radius 2 is 1.71 bits per heavy atom. The quantitative estimate of drug-likeness (QED) is 0.376. The van der Waals surface area contributed by atoms with Gasteiger partial charge < -0.3 is 30.9 Å². The molecule has 34 heavy (non-hydrogen) atoms. The molecule has 1 aromatic rings. The molecule has 11 nitrogen and oxygen atoms in total. The van der Waals surface area contributed by atoms with Crippen LogP contribution >= 0.6 is 0 Å². The van der Waals surface area contributed by atoms with Gasteiger partial charge in [0.1, 0.15) is 24.7 Å². The van der Waals surface area contributed by atoms with E-state index in [9.17, 15) is 24.0 Å². The van der Waals surface area contributed by atoms with Crippen LogP contribution in [0.3, 0.4) is 0 Å². The molecule has 0 unspecified atom stereocenters. The fourth-order valence-electron chi connectivity index (χ4n) is 3.36. The molecule has 0 saturated carbocycles. The zero-order valence-corrected chi connectivity index (χ0v) is 19.6. The topological polar surface area (TPSA) is 146 Å². The van der Waals surface area contributed by atoms with Gasteiger partial charge in [0.15, 0.2) is 0 Å². The first kappa shape index (κ1) is 26.4. The lowest BCUT2D eigenvalue weighted by Gasteiger charge is -2.26. The van der Waals surface area contributed by atoms with E-state index in [1.165, 1.54) is 25.8 Å². The standard InChI is InChI=1S/C23H31N5O6/c1-14(19(29)24-4)25-21(31)18-11-8-12-28(18)22(32)16(3)26-20(30)15(2)27-23(33)34-13-17-9-6-5-7-10-17/h5-7,9-10,14-15,18H,3,8,11-13H2,1-2,4H3,(H,24,29)(H,25,31)(H,26,30)(H,27,33)/t14-,15+,18-/m0/s1. The molecule has 4 N–H and O–H groups in total. The van der Waals surface area contributed by atoms with Crippen LogP contribution < -0.4 is 21.3 Å². The zero-order chi connectivity index (χ0) is 25.3. The number of likely N-dealkylation sites (N-methyl/N-ethyl adjacent to an activating group) is 1. The second-order valence-electron chi connectivity index (χ2n) is 7.90. The number of ether oxygens (including phenoxy) is 1. The molecule has 0 radical (unpaired) electrons. The van der Waals surface area contributed by atoms with Gasteiger partial charge in [0, 0.05) is 13.6 Å². The molecule has 3 atom stereocenters. The van der Waals surface area contributed by atoms with E-state index in [1.54, 1.807) is 12.1 Å². The summed E-state index contributed by atoms with van der Waals surface area (Å²) in [7, 11) is 1.46. The summed E-state index contributed by atoms with van der Waals surface area (Å²) in [4.78, 5) is 62.7. The van der Waals surface area contributed by atoms with E-state index in [2.05, 4.69) is 27.8 Å². The first-order valence-corrected chi connectivity index (χ1v) is 10.9. The van der Waals surface area contributed by atoms with Crippen LogP contribution in [0.1, 0.15) is 32.3 Å². The number of likely N-dealkylation sites (tertiary alicyclic amines) is 1. The number of nitrogens with zero attached hydrogens (tertiary/aromatic N) is 1. The molecule has 1 fully saturated rings. The van der Waals surface area contributed by atoms with Gasteiger partial charge in [0.05, 0.1) is 5.70 Å². The van der Waals surface area contributed by atoms with E-state index in [0.717, 1.165) is 5.56 Å².